The fraction of sp³-hybridized carbons (Fsp3) is 0.333. The number of rotatable bonds is 2. The fourth-order valence-corrected chi connectivity index (χ4v) is 3.13. The van der Waals surface area contributed by atoms with Gasteiger partial charge in [0.05, 0.1) is 19.3 Å². The maximum absolute atomic E-state index is 9.99. The van der Waals surface area contributed by atoms with Gasteiger partial charge in [-0.15, -0.1) is 0 Å². The number of hydrogen-bond donors (Lipinski definition) is 8. The number of aromatic nitrogens is 8. The summed E-state index contributed by atoms with van der Waals surface area (Å²) in [6.07, 6.45) is -1.42. The van der Waals surface area contributed by atoms with Crippen LogP contribution in [0.3, 0.4) is 0 Å². The van der Waals surface area contributed by atoms with Crippen LogP contribution < -0.4 is 22.9 Å². The van der Waals surface area contributed by atoms with E-state index in [1.807, 2.05) is 0 Å². The van der Waals surface area contributed by atoms with E-state index in [2.05, 4.69) is 34.9 Å². The van der Waals surface area contributed by atoms with Crippen LogP contribution in [0.2, 0.25) is 0 Å². The molecule has 1 aliphatic heterocycles. The number of hydrogen-bond acceptors (Lipinski definition) is 14. The smallest absolute Gasteiger partial charge is 0.224 e. The van der Waals surface area contributed by atoms with Gasteiger partial charge >= 0.3 is 0 Å². The van der Waals surface area contributed by atoms with Gasteiger partial charge in [0.15, 0.2) is 29.2 Å². The van der Waals surface area contributed by atoms with Crippen LogP contribution in [0.5, 0.6) is 0 Å². The number of aliphatic hydroxyl groups excluding tert-OH is 3. The molecule has 0 radical (unpaired) electrons. The number of H-pyrrole nitrogens is 1. The molecule has 1 fully saturated rings. The van der Waals surface area contributed by atoms with Crippen molar-refractivity contribution in [3.05, 3.63) is 12.7 Å². The predicted molar refractivity (Wildman–Crippen MR) is 108 cm³/mol. The van der Waals surface area contributed by atoms with Gasteiger partial charge in [0.1, 0.15) is 29.3 Å². The zero-order valence-electron chi connectivity index (χ0n) is 15.9. The molecule has 0 saturated carbocycles. The second-order valence-corrected chi connectivity index (χ2v) is 6.59. The van der Waals surface area contributed by atoms with Crippen molar-refractivity contribution in [2.75, 3.05) is 29.5 Å². The number of ether oxygens (including phenoxy) is 1. The number of aliphatic hydroxyl groups is 3. The highest BCUT2D eigenvalue weighted by Gasteiger charge is 2.44. The summed E-state index contributed by atoms with van der Waals surface area (Å²) in [4.78, 5) is 26.1. The Bertz CT molecular complexity index is 1230. The van der Waals surface area contributed by atoms with E-state index in [9.17, 15) is 10.2 Å². The first-order chi connectivity index (χ1) is 14.8. The number of fused-ring (bicyclic) bond motifs is 2. The first-order valence-electron chi connectivity index (χ1n) is 8.90. The van der Waals surface area contributed by atoms with Crippen LogP contribution in [0.4, 0.5) is 23.5 Å². The number of nitrogens with zero attached hydrogens (tertiary/aromatic N) is 7. The second-order valence-electron chi connectivity index (χ2n) is 6.59. The molecule has 4 aromatic rings. The van der Waals surface area contributed by atoms with Crippen LogP contribution >= 0.6 is 0 Å². The zero-order chi connectivity index (χ0) is 22.3. The molecule has 1 aliphatic rings. The Morgan fingerprint density at radius 1 is 0.968 bits per heavy atom. The third kappa shape index (κ3) is 3.59. The molecular formula is C15H20N12O4. The van der Waals surface area contributed by atoms with Gasteiger partial charge in [-0.2, -0.15) is 19.9 Å². The van der Waals surface area contributed by atoms with Crippen molar-refractivity contribution in [3.63, 3.8) is 0 Å². The van der Waals surface area contributed by atoms with Gasteiger partial charge in [-0.3, -0.25) is 4.57 Å². The van der Waals surface area contributed by atoms with Crippen LogP contribution in [0.25, 0.3) is 22.3 Å². The Hall–Kier alpha value is -3.86. The molecule has 0 aromatic carbocycles. The van der Waals surface area contributed by atoms with Crippen molar-refractivity contribution < 1.29 is 20.1 Å². The summed E-state index contributed by atoms with van der Waals surface area (Å²) in [5.41, 5.74) is 23.8. The SMILES string of the molecule is Nc1nc(N)c2[nH]cnc2n1.Nc1nc(N)c2ncn([C@@H]3O[C@H](CO)[C@@H](O)[C@H]3O)c2n1. The molecule has 1 saturated heterocycles. The first-order valence-corrected chi connectivity index (χ1v) is 8.90. The number of nitrogens with one attached hydrogen (secondary N) is 1. The van der Waals surface area contributed by atoms with Gasteiger partial charge < -0.3 is 48.0 Å². The summed E-state index contributed by atoms with van der Waals surface area (Å²) in [5.74, 6) is 0.536. The lowest BCUT2D eigenvalue weighted by molar-refractivity contribution is -0.0511. The number of imidazole rings is 2. The summed E-state index contributed by atoms with van der Waals surface area (Å²) in [5, 5.41) is 28.8. The minimum atomic E-state index is -1.23. The van der Waals surface area contributed by atoms with Crippen LogP contribution in [-0.4, -0.2) is 79.7 Å². The Labute approximate surface area is 172 Å². The Morgan fingerprint density at radius 2 is 1.68 bits per heavy atom. The van der Waals surface area contributed by atoms with Gasteiger partial charge in [-0.25, -0.2) is 9.97 Å². The van der Waals surface area contributed by atoms with E-state index in [-0.39, 0.29) is 23.4 Å². The lowest BCUT2D eigenvalue weighted by Gasteiger charge is -2.16. The second kappa shape index (κ2) is 7.76. The number of nitrogen functional groups attached to an aromatic ring is 4. The Kier molecular flexibility index (Phi) is 5.11. The standard InChI is InChI=1S/C10H14N6O4.C5H6N6/c11-7-4-8(15-10(12)14-7)16(2-13-4)9-6(19)5(18)3(1-17)20-9;6-3-2-4(9-1-8-2)11-5(7)10-3/h2-3,5-6,9,17-19H,1H2,(H4,11,12,14,15);1H,(H5,6,7,8,9,10,11)/t3-,5-,6-,9-;/m1./s1. The molecule has 164 valence electrons. The van der Waals surface area contributed by atoms with Crippen molar-refractivity contribution in [1.82, 2.24) is 39.5 Å². The lowest BCUT2D eigenvalue weighted by Crippen LogP contribution is -2.33. The third-order valence-corrected chi connectivity index (χ3v) is 4.59. The molecule has 0 bridgehead atoms. The Morgan fingerprint density at radius 3 is 2.39 bits per heavy atom. The van der Waals surface area contributed by atoms with Gasteiger partial charge in [-0.1, -0.05) is 0 Å². The molecule has 0 amide bonds. The predicted octanol–water partition coefficient (Wildman–Crippen LogP) is -2.88. The average molecular weight is 432 g/mol. The van der Waals surface area contributed by atoms with Crippen molar-refractivity contribution in [3.8, 4) is 0 Å². The van der Waals surface area contributed by atoms with Gasteiger partial charge in [0.2, 0.25) is 11.9 Å². The maximum Gasteiger partial charge on any atom is 0.224 e. The topological polar surface area (TPSA) is 272 Å². The summed E-state index contributed by atoms with van der Waals surface area (Å²) in [7, 11) is 0. The fourth-order valence-electron chi connectivity index (χ4n) is 3.13. The van der Waals surface area contributed by atoms with Crippen LogP contribution in [-0.2, 0) is 4.74 Å². The number of aromatic amines is 1. The van der Waals surface area contributed by atoms with Crippen molar-refractivity contribution in [1.29, 1.82) is 0 Å². The van der Waals surface area contributed by atoms with Gasteiger partial charge in [-0.05, 0) is 0 Å². The highest BCUT2D eigenvalue weighted by molar-refractivity contribution is 5.83. The van der Waals surface area contributed by atoms with E-state index in [1.165, 1.54) is 17.2 Å². The number of nitrogens with two attached hydrogens (primary N) is 4. The quantitative estimate of drug-likeness (QED) is 0.158. The third-order valence-electron chi connectivity index (χ3n) is 4.59. The molecule has 0 unspecified atom stereocenters. The van der Waals surface area contributed by atoms with Gasteiger partial charge in [0, 0.05) is 0 Å². The van der Waals surface area contributed by atoms with E-state index in [1.54, 1.807) is 0 Å². The van der Waals surface area contributed by atoms with E-state index < -0.39 is 31.1 Å². The molecule has 0 spiro atoms. The monoisotopic (exact) mass is 432 g/mol. The molecule has 4 atom stereocenters. The zero-order valence-corrected chi connectivity index (χ0v) is 15.9. The van der Waals surface area contributed by atoms with Crippen molar-refractivity contribution >= 4 is 45.9 Å². The first kappa shape index (κ1) is 20.4. The molecule has 4 aromatic heterocycles. The van der Waals surface area contributed by atoms with Crippen LogP contribution in [0.15, 0.2) is 12.7 Å². The summed E-state index contributed by atoms with van der Waals surface area (Å²) < 4.78 is 6.79. The summed E-state index contributed by atoms with van der Waals surface area (Å²) in [6, 6.07) is 0. The molecule has 5 rings (SSSR count). The lowest BCUT2D eigenvalue weighted by atomic mass is 10.1. The number of anilines is 4. The molecular weight excluding hydrogens is 412 g/mol. The molecule has 16 nitrogen and oxygen atoms in total. The average Bonchev–Trinajstić information content (AvgIpc) is 3.41. The largest absolute Gasteiger partial charge is 0.394 e. The van der Waals surface area contributed by atoms with E-state index in [0.717, 1.165) is 0 Å². The molecule has 0 aliphatic carbocycles. The minimum absolute atomic E-state index is 0.0384. The molecule has 5 heterocycles. The minimum Gasteiger partial charge on any atom is -0.394 e. The van der Waals surface area contributed by atoms with Crippen molar-refractivity contribution in [2.45, 2.75) is 24.5 Å². The highest BCUT2D eigenvalue weighted by atomic mass is 16.6. The summed E-state index contributed by atoms with van der Waals surface area (Å²) in [6.45, 7) is -0.416. The highest BCUT2D eigenvalue weighted by Crippen LogP contribution is 2.32. The molecule has 12 N–H and O–H groups in total. The van der Waals surface area contributed by atoms with Gasteiger partial charge in [0.25, 0.3) is 0 Å². The maximum atomic E-state index is 9.99. The van der Waals surface area contributed by atoms with Crippen molar-refractivity contribution in [2.24, 2.45) is 0 Å². The van der Waals surface area contributed by atoms with E-state index in [0.29, 0.717) is 22.5 Å². The normalized spacial score (nSPS) is 23.2. The Balaban J connectivity index is 0.000000177. The van der Waals surface area contributed by atoms with Crippen LogP contribution in [0, 0.1) is 0 Å². The van der Waals surface area contributed by atoms with E-state index >= 15 is 0 Å². The molecule has 16 heteroatoms. The molecule has 31 heavy (non-hydrogen) atoms. The van der Waals surface area contributed by atoms with E-state index in [4.69, 9.17) is 32.8 Å². The van der Waals surface area contributed by atoms with Crippen LogP contribution in [0.1, 0.15) is 6.23 Å². The summed E-state index contributed by atoms with van der Waals surface area (Å²) >= 11 is 0.